The molecule has 26 heavy (non-hydrogen) atoms. The monoisotopic (exact) mass is 366 g/mol. The molecule has 3 aromatic rings. The van der Waals surface area contributed by atoms with Crippen molar-refractivity contribution < 1.29 is 4.79 Å². The van der Waals surface area contributed by atoms with Gasteiger partial charge in [-0.1, -0.05) is 29.8 Å². The summed E-state index contributed by atoms with van der Waals surface area (Å²) in [5.74, 6) is 0.226. The number of carbonyl (C=O) groups excluding carboxylic acids is 1. The number of benzene rings is 1. The summed E-state index contributed by atoms with van der Waals surface area (Å²) in [5, 5.41) is 7.97. The lowest BCUT2D eigenvalue weighted by Crippen LogP contribution is -2.39. The van der Waals surface area contributed by atoms with Gasteiger partial charge in [0, 0.05) is 11.8 Å². The number of imidazole rings is 1. The predicted octanol–water partition coefficient (Wildman–Crippen LogP) is 2.55. The number of allylic oxidation sites excluding steroid dienone is 2. The van der Waals surface area contributed by atoms with Gasteiger partial charge in [0.25, 0.3) is 5.91 Å². The van der Waals surface area contributed by atoms with Crippen molar-refractivity contribution in [2.75, 3.05) is 0 Å². The van der Waals surface area contributed by atoms with E-state index in [1.807, 2.05) is 30.3 Å². The lowest BCUT2D eigenvalue weighted by atomic mass is 10.1. The molecule has 0 unspecified atom stereocenters. The lowest BCUT2D eigenvalue weighted by Gasteiger charge is -2.14. The molecular weight excluding hydrogens is 352 g/mol. The van der Waals surface area contributed by atoms with Gasteiger partial charge >= 0.3 is 0 Å². The Morgan fingerprint density at radius 3 is 2.85 bits per heavy atom. The van der Waals surface area contributed by atoms with Crippen molar-refractivity contribution in [2.24, 2.45) is 0 Å². The van der Waals surface area contributed by atoms with Crippen molar-refractivity contribution in [1.82, 2.24) is 30.8 Å². The Kier molecular flexibility index (Phi) is 4.06. The second-order valence-corrected chi connectivity index (χ2v) is 6.08. The zero-order chi connectivity index (χ0) is 18.1. The van der Waals surface area contributed by atoms with Crippen LogP contribution in [-0.4, -0.2) is 20.5 Å². The largest absolute Gasteiger partial charge is 0.307 e. The molecular formula is C18H15ClN6O. The van der Waals surface area contributed by atoms with E-state index in [-0.39, 0.29) is 5.91 Å². The van der Waals surface area contributed by atoms with Gasteiger partial charge in [-0.25, -0.2) is 9.50 Å². The van der Waals surface area contributed by atoms with E-state index in [4.69, 9.17) is 11.6 Å². The van der Waals surface area contributed by atoms with Crippen molar-refractivity contribution in [3.05, 3.63) is 77.0 Å². The Bertz CT molecular complexity index is 1070. The molecule has 8 heteroatoms. The van der Waals surface area contributed by atoms with E-state index in [0.29, 0.717) is 33.6 Å². The molecule has 0 atom stereocenters. The van der Waals surface area contributed by atoms with E-state index < -0.39 is 0 Å². The van der Waals surface area contributed by atoms with Crippen LogP contribution >= 0.6 is 11.6 Å². The van der Waals surface area contributed by atoms with Crippen LogP contribution in [0.25, 0.3) is 16.9 Å². The molecule has 1 aliphatic heterocycles. The Labute approximate surface area is 154 Å². The normalized spacial score (nSPS) is 13.1. The average Bonchev–Trinajstić information content (AvgIpc) is 2.98. The van der Waals surface area contributed by atoms with Gasteiger partial charge in [0.05, 0.1) is 16.4 Å². The number of hydrogen-bond donors (Lipinski definition) is 3. The molecule has 3 heterocycles. The van der Waals surface area contributed by atoms with E-state index >= 15 is 0 Å². The summed E-state index contributed by atoms with van der Waals surface area (Å²) in [6.07, 6.45) is 5.24. The molecule has 130 valence electrons. The van der Waals surface area contributed by atoms with Gasteiger partial charge in [0.15, 0.2) is 11.3 Å². The summed E-state index contributed by atoms with van der Waals surface area (Å²) in [5.41, 5.74) is 8.66. The van der Waals surface area contributed by atoms with Gasteiger partial charge in [-0.15, -0.1) is 0 Å². The first-order valence-electron chi connectivity index (χ1n) is 7.94. The van der Waals surface area contributed by atoms with Gasteiger partial charge in [-0.2, -0.15) is 5.10 Å². The SMILES string of the molecule is Cc1nc2ccc(-c3ccccc3Cl)nn2c1C(=O)NC1=CC=CNN1. The van der Waals surface area contributed by atoms with Crippen molar-refractivity contribution >= 4 is 23.2 Å². The minimum Gasteiger partial charge on any atom is -0.307 e. The highest BCUT2D eigenvalue weighted by Crippen LogP contribution is 2.26. The van der Waals surface area contributed by atoms with Crippen molar-refractivity contribution in [3.8, 4) is 11.3 Å². The van der Waals surface area contributed by atoms with Crippen LogP contribution < -0.4 is 16.2 Å². The van der Waals surface area contributed by atoms with E-state index in [1.165, 1.54) is 4.52 Å². The molecule has 4 rings (SSSR count). The molecule has 1 aromatic carbocycles. The number of rotatable bonds is 3. The second kappa shape index (κ2) is 6.53. The number of nitrogens with zero attached hydrogens (tertiary/aromatic N) is 3. The van der Waals surface area contributed by atoms with Crippen LogP contribution in [0.2, 0.25) is 5.02 Å². The Morgan fingerprint density at radius 1 is 1.23 bits per heavy atom. The van der Waals surface area contributed by atoms with Gasteiger partial charge in [-0.3, -0.25) is 10.2 Å². The van der Waals surface area contributed by atoms with E-state index in [0.717, 1.165) is 5.56 Å². The quantitative estimate of drug-likeness (QED) is 0.663. The molecule has 0 saturated heterocycles. The number of amides is 1. The third kappa shape index (κ3) is 2.89. The van der Waals surface area contributed by atoms with E-state index in [2.05, 4.69) is 26.3 Å². The highest BCUT2D eigenvalue weighted by Gasteiger charge is 2.19. The highest BCUT2D eigenvalue weighted by molar-refractivity contribution is 6.33. The fourth-order valence-electron chi connectivity index (χ4n) is 2.72. The van der Waals surface area contributed by atoms with Crippen molar-refractivity contribution in [3.63, 3.8) is 0 Å². The Hall–Kier alpha value is -3.32. The predicted molar refractivity (Wildman–Crippen MR) is 99.1 cm³/mol. The van der Waals surface area contributed by atoms with E-state index in [1.54, 1.807) is 31.3 Å². The zero-order valence-corrected chi connectivity index (χ0v) is 14.6. The third-order valence-electron chi connectivity index (χ3n) is 3.91. The molecule has 3 N–H and O–H groups in total. The fraction of sp³-hybridized carbons (Fsp3) is 0.0556. The molecule has 0 spiro atoms. The summed E-state index contributed by atoms with van der Waals surface area (Å²) < 4.78 is 1.54. The number of nitrogens with one attached hydrogen (secondary N) is 3. The number of fused-ring (bicyclic) bond motifs is 1. The van der Waals surface area contributed by atoms with Crippen molar-refractivity contribution in [1.29, 1.82) is 0 Å². The minimum absolute atomic E-state index is 0.311. The highest BCUT2D eigenvalue weighted by atomic mass is 35.5. The third-order valence-corrected chi connectivity index (χ3v) is 4.24. The Morgan fingerprint density at radius 2 is 2.08 bits per heavy atom. The number of carbonyl (C=O) groups is 1. The van der Waals surface area contributed by atoms with Crippen LogP contribution in [0.3, 0.4) is 0 Å². The second-order valence-electron chi connectivity index (χ2n) is 5.68. The molecule has 0 saturated carbocycles. The molecule has 1 amide bonds. The van der Waals surface area contributed by atoms with Crippen LogP contribution in [0.5, 0.6) is 0 Å². The summed E-state index contributed by atoms with van der Waals surface area (Å²) in [4.78, 5) is 17.2. The molecule has 0 radical (unpaired) electrons. The molecule has 0 fully saturated rings. The first kappa shape index (κ1) is 16.2. The van der Waals surface area contributed by atoms with Gasteiger partial charge in [0.1, 0.15) is 5.82 Å². The zero-order valence-electron chi connectivity index (χ0n) is 13.8. The lowest BCUT2D eigenvalue weighted by molar-refractivity contribution is 0.0955. The van der Waals surface area contributed by atoms with Crippen LogP contribution in [0.4, 0.5) is 0 Å². The first-order chi connectivity index (χ1) is 12.6. The standard InChI is InChI=1S/C18H15ClN6O/c1-11-17(18(26)22-15-7-4-10-20-23-15)25-16(21-11)9-8-14(24-25)12-5-2-3-6-13(12)19/h2-10,20,23H,1H3,(H,22,26). The van der Waals surface area contributed by atoms with Gasteiger partial charge < -0.3 is 10.7 Å². The topological polar surface area (TPSA) is 83.4 Å². The number of hydrogen-bond acceptors (Lipinski definition) is 5. The summed E-state index contributed by atoms with van der Waals surface area (Å²) in [6.45, 7) is 1.78. The smallest absolute Gasteiger partial charge is 0.277 e. The summed E-state index contributed by atoms with van der Waals surface area (Å²) >= 11 is 6.27. The molecule has 0 bridgehead atoms. The van der Waals surface area contributed by atoms with Crippen LogP contribution in [0.15, 0.2) is 60.6 Å². The molecule has 0 aliphatic carbocycles. The van der Waals surface area contributed by atoms with Crippen LogP contribution in [0, 0.1) is 6.92 Å². The molecule has 1 aliphatic rings. The van der Waals surface area contributed by atoms with Gasteiger partial charge in [-0.05, 0) is 37.3 Å². The molecule has 7 nitrogen and oxygen atoms in total. The minimum atomic E-state index is -0.311. The summed E-state index contributed by atoms with van der Waals surface area (Å²) in [6, 6.07) is 11.1. The number of halogens is 1. The van der Waals surface area contributed by atoms with Crippen LogP contribution in [-0.2, 0) is 0 Å². The maximum Gasteiger partial charge on any atom is 0.277 e. The van der Waals surface area contributed by atoms with Crippen molar-refractivity contribution in [2.45, 2.75) is 6.92 Å². The van der Waals surface area contributed by atoms with E-state index in [9.17, 15) is 4.79 Å². The Balaban J connectivity index is 1.77. The van der Waals surface area contributed by atoms with Gasteiger partial charge in [0.2, 0.25) is 0 Å². The van der Waals surface area contributed by atoms with Crippen LogP contribution in [0.1, 0.15) is 16.2 Å². The molecule has 2 aromatic heterocycles. The number of hydrazine groups is 1. The maximum absolute atomic E-state index is 12.8. The average molecular weight is 367 g/mol. The maximum atomic E-state index is 12.8. The first-order valence-corrected chi connectivity index (χ1v) is 8.32. The summed E-state index contributed by atoms with van der Waals surface area (Å²) in [7, 11) is 0. The fourth-order valence-corrected chi connectivity index (χ4v) is 2.96. The number of aromatic nitrogens is 3. The number of aryl methyl sites for hydroxylation is 1.